The van der Waals surface area contributed by atoms with Crippen LogP contribution in [0.5, 0.6) is 0 Å². The van der Waals surface area contributed by atoms with Gasteiger partial charge in [0.05, 0.1) is 14.2 Å². The van der Waals surface area contributed by atoms with Crippen molar-refractivity contribution in [3.63, 3.8) is 0 Å². The van der Waals surface area contributed by atoms with Gasteiger partial charge in [0.1, 0.15) is 0 Å². The minimum absolute atomic E-state index is 0.0937. The summed E-state index contributed by atoms with van der Waals surface area (Å²) in [6, 6.07) is 13.5. The van der Waals surface area contributed by atoms with Crippen molar-refractivity contribution in [2.24, 2.45) is 10.8 Å². The molecule has 0 aromatic heterocycles. The van der Waals surface area contributed by atoms with Crippen molar-refractivity contribution < 1.29 is 28.7 Å². The molecule has 0 saturated carbocycles. The highest BCUT2D eigenvalue weighted by atomic mass is 16.5. The SMILES string of the molecule is COC(=O)[C@]1([C@@]2(C(=O)OC)Cc3ccccc3C2=O)Cc2ccccc2C1=O. The van der Waals surface area contributed by atoms with E-state index in [0.717, 1.165) is 14.2 Å². The fraction of sp³-hybridized carbons (Fsp3) is 0.273. The monoisotopic (exact) mass is 378 g/mol. The maximum Gasteiger partial charge on any atom is 0.321 e. The smallest absolute Gasteiger partial charge is 0.321 e. The Labute approximate surface area is 161 Å². The number of ether oxygens (including phenoxy) is 2. The number of ketones is 2. The fourth-order valence-electron chi connectivity index (χ4n) is 4.70. The Morgan fingerprint density at radius 3 is 1.39 bits per heavy atom. The van der Waals surface area contributed by atoms with E-state index >= 15 is 0 Å². The van der Waals surface area contributed by atoms with Gasteiger partial charge in [-0.05, 0) is 24.0 Å². The molecule has 0 N–H and O–H groups in total. The molecule has 0 amide bonds. The molecule has 0 radical (unpaired) electrons. The second-order valence-electron chi connectivity index (χ2n) is 7.12. The number of hydrogen-bond acceptors (Lipinski definition) is 6. The van der Waals surface area contributed by atoms with E-state index in [4.69, 9.17) is 9.47 Å². The lowest BCUT2D eigenvalue weighted by molar-refractivity contribution is -0.168. The third kappa shape index (κ3) is 1.97. The Balaban J connectivity index is 2.03. The third-order valence-electron chi connectivity index (χ3n) is 6.01. The van der Waals surface area contributed by atoms with E-state index in [0.29, 0.717) is 22.3 Å². The van der Waals surface area contributed by atoms with Crippen LogP contribution in [0.15, 0.2) is 48.5 Å². The highest BCUT2D eigenvalue weighted by Crippen LogP contribution is 2.57. The van der Waals surface area contributed by atoms with Gasteiger partial charge in [0.2, 0.25) is 0 Å². The average Bonchev–Trinajstić information content (AvgIpc) is 3.21. The zero-order chi connectivity index (χ0) is 20.1. The summed E-state index contributed by atoms with van der Waals surface area (Å²) < 4.78 is 10.00. The second kappa shape index (κ2) is 6.12. The molecule has 0 aliphatic heterocycles. The van der Waals surface area contributed by atoms with Gasteiger partial charge >= 0.3 is 11.9 Å². The largest absolute Gasteiger partial charge is 0.468 e. The number of esters is 2. The summed E-state index contributed by atoms with van der Waals surface area (Å²) in [5, 5.41) is 0. The molecule has 0 heterocycles. The second-order valence-corrected chi connectivity index (χ2v) is 7.12. The van der Waals surface area contributed by atoms with Crippen LogP contribution < -0.4 is 0 Å². The molecule has 2 aliphatic rings. The van der Waals surface area contributed by atoms with E-state index in [1.165, 1.54) is 0 Å². The Hall–Kier alpha value is -3.28. The molecule has 142 valence electrons. The van der Waals surface area contributed by atoms with Gasteiger partial charge < -0.3 is 9.47 Å². The number of methoxy groups -OCH3 is 2. The van der Waals surface area contributed by atoms with Crippen molar-refractivity contribution in [3.8, 4) is 0 Å². The molecule has 0 saturated heterocycles. The molecule has 2 aromatic carbocycles. The number of rotatable bonds is 3. The standard InChI is InChI=1S/C22H18O6/c1-27-19(25)21(11-13-7-3-5-9-15(13)17(21)23)22(20(26)28-2)12-14-8-4-6-10-16(14)18(22)24/h3-10H,11-12H2,1-2H3/t21-,22-/m0/s1. The van der Waals surface area contributed by atoms with Gasteiger partial charge in [0.25, 0.3) is 0 Å². The van der Waals surface area contributed by atoms with Gasteiger partial charge in [-0.25, -0.2) is 0 Å². The zero-order valence-electron chi connectivity index (χ0n) is 15.5. The van der Waals surface area contributed by atoms with Gasteiger partial charge in [-0.15, -0.1) is 0 Å². The molecule has 6 nitrogen and oxygen atoms in total. The minimum Gasteiger partial charge on any atom is -0.468 e. The number of Topliss-reactive ketones (excluding diaryl/α,β-unsaturated/α-hetero) is 2. The predicted octanol–water partition coefficient (Wildman–Crippen LogP) is 2.18. The number of carbonyl (C=O) groups is 4. The van der Waals surface area contributed by atoms with Crippen LogP contribution in [0.1, 0.15) is 31.8 Å². The first-order valence-corrected chi connectivity index (χ1v) is 8.86. The molecule has 0 fully saturated rings. The summed E-state index contributed by atoms with van der Waals surface area (Å²) in [6.45, 7) is 0. The van der Waals surface area contributed by atoms with Crippen LogP contribution >= 0.6 is 0 Å². The lowest BCUT2D eigenvalue weighted by Gasteiger charge is -2.39. The van der Waals surface area contributed by atoms with E-state index < -0.39 is 34.3 Å². The van der Waals surface area contributed by atoms with Crippen molar-refractivity contribution in [2.45, 2.75) is 12.8 Å². The fourth-order valence-corrected chi connectivity index (χ4v) is 4.70. The topological polar surface area (TPSA) is 86.7 Å². The van der Waals surface area contributed by atoms with Crippen LogP contribution in [0.2, 0.25) is 0 Å². The first-order chi connectivity index (χ1) is 13.4. The maximum absolute atomic E-state index is 13.6. The molecular weight excluding hydrogens is 360 g/mol. The van der Waals surface area contributed by atoms with Crippen LogP contribution in [-0.2, 0) is 31.9 Å². The summed E-state index contributed by atoms with van der Waals surface area (Å²) in [7, 11) is 2.30. The third-order valence-corrected chi connectivity index (χ3v) is 6.01. The molecule has 0 unspecified atom stereocenters. The van der Waals surface area contributed by atoms with Crippen molar-refractivity contribution >= 4 is 23.5 Å². The van der Waals surface area contributed by atoms with Crippen molar-refractivity contribution in [1.82, 2.24) is 0 Å². The number of fused-ring (bicyclic) bond motifs is 2. The predicted molar refractivity (Wildman–Crippen MR) is 97.9 cm³/mol. The van der Waals surface area contributed by atoms with Crippen LogP contribution in [0.3, 0.4) is 0 Å². The quantitative estimate of drug-likeness (QED) is 0.601. The first-order valence-electron chi connectivity index (χ1n) is 8.86. The lowest BCUT2D eigenvalue weighted by atomic mass is 9.58. The van der Waals surface area contributed by atoms with Gasteiger partial charge in [-0.2, -0.15) is 0 Å². The Morgan fingerprint density at radius 2 is 1.07 bits per heavy atom. The minimum atomic E-state index is -2.01. The van der Waals surface area contributed by atoms with E-state index in [-0.39, 0.29) is 12.8 Å². The maximum atomic E-state index is 13.6. The van der Waals surface area contributed by atoms with E-state index in [9.17, 15) is 19.2 Å². The Morgan fingerprint density at radius 1 is 0.714 bits per heavy atom. The normalized spacial score (nSPS) is 25.2. The van der Waals surface area contributed by atoms with Crippen LogP contribution in [0.4, 0.5) is 0 Å². The van der Waals surface area contributed by atoms with Crippen LogP contribution in [0.25, 0.3) is 0 Å². The van der Waals surface area contributed by atoms with Crippen molar-refractivity contribution in [2.75, 3.05) is 14.2 Å². The zero-order valence-corrected chi connectivity index (χ0v) is 15.5. The molecule has 28 heavy (non-hydrogen) atoms. The molecule has 0 spiro atoms. The molecule has 2 aromatic rings. The van der Waals surface area contributed by atoms with Crippen LogP contribution in [-0.4, -0.2) is 37.7 Å². The van der Waals surface area contributed by atoms with Crippen LogP contribution in [0, 0.1) is 10.8 Å². The number of carbonyl (C=O) groups excluding carboxylic acids is 4. The Kier molecular flexibility index (Phi) is 3.96. The Bertz CT molecular complexity index is 955. The molecular formula is C22H18O6. The van der Waals surface area contributed by atoms with Crippen molar-refractivity contribution in [1.29, 1.82) is 0 Å². The number of hydrogen-bond donors (Lipinski definition) is 0. The highest BCUT2D eigenvalue weighted by molar-refractivity contribution is 6.28. The van der Waals surface area contributed by atoms with Crippen molar-refractivity contribution in [3.05, 3.63) is 70.8 Å². The average molecular weight is 378 g/mol. The number of benzene rings is 2. The van der Waals surface area contributed by atoms with Gasteiger partial charge in [-0.1, -0.05) is 48.5 Å². The summed E-state index contributed by atoms with van der Waals surface area (Å²) in [6.07, 6.45) is -0.187. The summed E-state index contributed by atoms with van der Waals surface area (Å²) in [5.41, 5.74) is -2.17. The molecule has 4 rings (SSSR count). The van der Waals surface area contributed by atoms with E-state index in [1.807, 2.05) is 0 Å². The lowest BCUT2D eigenvalue weighted by Crippen LogP contribution is -2.60. The molecule has 2 aliphatic carbocycles. The summed E-state index contributed by atoms with van der Waals surface area (Å²) >= 11 is 0. The highest BCUT2D eigenvalue weighted by Gasteiger charge is 2.74. The molecule has 0 bridgehead atoms. The van der Waals surface area contributed by atoms with Gasteiger partial charge in [0.15, 0.2) is 22.4 Å². The van der Waals surface area contributed by atoms with Gasteiger partial charge in [-0.3, -0.25) is 19.2 Å². The molecule has 6 heteroatoms. The first kappa shape index (κ1) is 18.1. The van der Waals surface area contributed by atoms with E-state index in [1.54, 1.807) is 48.5 Å². The van der Waals surface area contributed by atoms with Gasteiger partial charge in [0, 0.05) is 11.1 Å². The molecule has 2 atom stereocenters. The summed E-state index contributed by atoms with van der Waals surface area (Å²) in [5.74, 6) is -2.97. The van der Waals surface area contributed by atoms with E-state index in [2.05, 4.69) is 0 Å². The summed E-state index contributed by atoms with van der Waals surface area (Å²) in [4.78, 5) is 53.4.